The molecule has 0 saturated carbocycles. The third-order valence-electron chi connectivity index (χ3n) is 3.30. The molecule has 2 aromatic heterocycles. The third kappa shape index (κ3) is 2.88. The molecule has 4 nitrogen and oxygen atoms in total. The summed E-state index contributed by atoms with van der Waals surface area (Å²) in [6.45, 7) is 2.78. The summed E-state index contributed by atoms with van der Waals surface area (Å²) in [7, 11) is 0. The van der Waals surface area contributed by atoms with Crippen LogP contribution in [-0.2, 0) is 17.9 Å². The smallest absolute Gasteiger partial charge is 0.228 e. The molecule has 0 radical (unpaired) electrons. The summed E-state index contributed by atoms with van der Waals surface area (Å²) in [4.78, 5) is 15.5. The molecule has 1 N–H and O–H groups in total. The van der Waals surface area contributed by atoms with E-state index in [1.54, 1.807) is 17.6 Å². The van der Waals surface area contributed by atoms with E-state index in [1.165, 1.54) is 4.88 Å². The van der Waals surface area contributed by atoms with Crippen LogP contribution < -0.4 is 5.32 Å². The standard InChI is InChI=1S/C14H16N2O2S/c17-14(11-7-15-8-11)16(9-12-3-1-5-18-12)10-13-4-2-6-19-13/h1-6,11,15H,7-10H2. The van der Waals surface area contributed by atoms with E-state index in [1.807, 2.05) is 28.5 Å². The molecule has 3 heterocycles. The summed E-state index contributed by atoms with van der Waals surface area (Å²) in [6, 6.07) is 7.84. The van der Waals surface area contributed by atoms with E-state index in [4.69, 9.17) is 4.42 Å². The van der Waals surface area contributed by atoms with Crippen molar-refractivity contribution in [3.63, 3.8) is 0 Å². The molecule has 0 spiro atoms. The van der Waals surface area contributed by atoms with Gasteiger partial charge in [0.2, 0.25) is 5.91 Å². The molecule has 1 aliphatic rings. The quantitative estimate of drug-likeness (QED) is 0.909. The maximum Gasteiger partial charge on any atom is 0.228 e. The predicted octanol–water partition coefficient (Wildman–Crippen LogP) is 2.09. The van der Waals surface area contributed by atoms with E-state index < -0.39 is 0 Å². The van der Waals surface area contributed by atoms with Crippen molar-refractivity contribution >= 4 is 17.2 Å². The van der Waals surface area contributed by atoms with Gasteiger partial charge in [-0.25, -0.2) is 0 Å². The fraction of sp³-hybridized carbons (Fsp3) is 0.357. The Labute approximate surface area is 116 Å². The Morgan fingerprint density at radius 2 is 2.26 bits per heavy atom. The van der Waals surface area contributed by atoms with Crippen molar-refractivity contribution in [1.82, 2.24) is 10.2 Å². The summed E-state index contributed by atoms with van der Waals surface area (Å²) in [5, 5.41) is 5.18. The molecule has 5 heteroatoms. The first-order valence-corrected chi connectivity index (χ1v) is 7.25. The van der Waals surface area contributed by atoms with E-state index in [0.29, 0.717) is 13.1 Å². The van der Waals surface area contributed by atoms with Crippen molar-refractivity contribution in [3.05, 3.63) is 46.5 Å². The van der Waals surface area contributed by atoms with Crippen molar-refractivity contribution in [2.45, 2.75) is 13.1 Å². The van der Waals surface area contributed by atoms with Gasteiger partial charge in [-0.05, 0) is 23.6 Å². The van der Waals surface area contributed by atoms with Crippen LogP contribution in [0.1, 0.15) is 10.6 Å². The minimum Gasteiger partial charge on any atom is -0.467 e. The van der Waals surface area contributed by atoms with Crippen LogP contribution in [0.15, 0.2) is 40.3 Å². The molecule has 3 rings (SSSR count). The molecular weight excluding hydrogens is 260 g/mol. The Balaban J connectivity index is 1.72. The van der Waals surface area contributed by atoms with E-state index >= 15 is 0 Å². The number of nitrogens with zero attached hydrogens (tertiary/aromatic N) is 1. The molecule has 0 unspecified atom stereocenters. The Morgan fingerprint density at radius 1 is 1.37 bits per heavy atom. The molecule has 0 bridgehead atoms. The lowest BCUT2D eigenvalue weighted by molar-refractivity contribution is -0.138. The fourth-order valence-corrected chi connectivity index (χ4v) is 2.83. The number of nitrogens with one attached hydrogen (secondary N) is 1. The van der Waals surface area contributed by atoms with Crippen LogP contribution in [0.5, 0.6) is 0 Å². The highest BCUT2D eigenvalue weighted by atomic mass is 32.1. The Bertz CT molecular complexity index is 481. The highest BCUT2D eigenvalue weighted by Gasteiger charge is 2.29. The summed E-state index contributed by atoms with van der Waals surface area (Å²) in [5.74, 6) is 1.16. The maximum atomic E-state index is 12.4. The molecule has 0 atom stereocenters. The van der Waals surface area contributed by atoms with Crippen LogP contribution in [-0.4, -0.2) is 23.9 Å². The first-order chi connectivity index (χ1) is 9.33. The van der Waals surface area contributed by atoms with Crippen LogP contribution in [0.3, 0.4) is 0 Å². The minimum atomic E-state index is 0.120. The van der Waals surface area contributed by atoms with Crippen LogP contribution in [0.4, 0.5) is 0 Å². The molecule has 19 heavy (non-hydrogen) atoms. The number of carbonyl (C=O) groups excluding carboxylic acids is 1. The van der Waals surface area contributed by atoms with Gasteiger partial charge in [0, 0.05) is 18.0 Å². The van der Waals surface area contributed by atoms with Gasteiger partial charge in [0.15, 0.2) is 0 Å². The van der Waals surface area contributed by atoms with Crippen molar-refractivity contribution in [3.8, 4) is 0 Å². The van der Waals surface area contributed by atoms with Gasteiger partial charge in [0.25, 0.3) is 0 Å². The van der Waals surface area contributed by atoms with Gasteiger partial charge in [0.05, 0.1) is 25.3 Å². The van der Waals surface area contributed by atoms with Crippen LogP contribution in [0.2, 0.25) is 0 Å². The summed E-state index contributed by atoms with van der Waals surface area (Å²) in [5.41, 5.74) is 0. The molecule has 0 aliphatic carbocycles. The second-order valence-electron chi connectivity index (χ2n) is 4.71. The number of hydrogen-bond acceptors (Lipinski definition) is 4. The number of thiophene rings is 1. The Morgan fingerprint density at radius 3 is 2.84 bits per heavy atom. The van der Waals surface area contributed by atoms with Gasteiger partial charge in [-0.1, -0.05) is 6.07 Å². The van der Waals surface area contributed by atoms with Crippen molar-refractivity contribution in [2.75, 3.05) is 13.1 Å². The van der Waals surface area contributed by atoms with Crippen molar-refractivity contribution in [2.24, 2.45) is 5.92 Å². The highest BCUT2D eigenvalue weighted by Crippen LogP contribution is 2.18. The van der Waals surface area contributed by atoms with Crippen LogP contribution in [0, 0.1) is 5.92 Å². The van der Waals surface area contributed by atoms with E-state index in [9.17, 15) is 4.79 Å². The fourth-order valence-electron chi connectivity index (χ4n) is 2.11. The number of carbonyl (C=O) groups is 1. The largest absolute Gasteiger partial charge is 0.467 e. The molecule has 1 saturated heterocycles. The van der Waals surface area contributed by atoms with Gasteiger partial charge in [-0.3, -0.25) is 4.79 Å². The highest BCUT2D eigenvalue weighted by molar-refractivity contribution is 7.09. The van der Waals surface area contributed by atoms with Crippen LogP contribution >= 0.6 is 11.3 Å². The first kappa shape index (κ1) is 12.4. The lowest BCUT2D eigenvalue weighted by Gasteiger charge is -2.31. The number of hydrogen-bond donors (Lipinski definition) is 1. The summed E-state index contributed by atoms with van der Waals surface area (Å²) < 4.78 is 5.36. The monoisotopic (exact) mass is 276 g/mol. The molecular formula is C14H16N2O2S. The number of furan rings is 1. The van der Waals surface area contributed by atoms with Gasteiger partial charge in [-0.15, -0.1) is 11.3 Å². The van der Waals surface area contributed by atoms with Gasteiger partial charge in [-0.2, -0.15) is 0 Å². The van der Waals surface area contributed by atoms with Gasteiger partial charge in [0.1, 0.15) is 5.76 Å². The number of amides is 1. The predicted molar refractivity (Wildman–Crippen MR) is 73.6 cm³/mol. The maximum absolute atomic E-state index is 12.4. The van der Waals surface area contributed by atoms with E-state index in [-0.39, 0.29) is 11.8 Å². The van der Waals surface area contributed by atoms with Crippen LogP contribution in [0.25, 0.3) is 0 Å². The molecule has 2 aromatic rings. The minimum absolute atomic E-state index is 0.120. The van der Waals surface area contributed by atoms with Crippen molar-refractivity contribution < 1.29 is 9.21 Å². The van der Waals surface area contributed by atoms with Gasteiger partial charge < -0.3 is 14.6 Å². The van der Waals surface area contributed by atoms with E-state index in [0.717, 1.165) is 18.8 Å². The second kappa shape index (κ2) is 5.59. The normalized spacial score (nSPS) is 15.2. The van der Waals surface area contributed by atoms with Crippen molar-refractivity contribution in [1.29, 1.82) is 0 Å². The number of rotatable bonds is 5. The molecule has 100 valence electrons. The second-order valence-corrected chi connectivity index (χ2v) is 5.74. The zero-order valence-electron chi connectivity index (χ0n) is 10.5. The average Bonchev–Trinajstić information content (AvgIpc) is 2.98. The molecule has 1 amide bonds. The zero-order chi connectivity index (χ0) is 13.1. The lowest BCUT2D eigenvalue weighted by atomic mass is 10.0. The average molecular weight is 276 g/mol. The third-order valence-corrected chi connectivity index (χ3v) is 4.16. The topological polar surface area (TPSA) is 45.5 Å². The molecule has 1 aliphatic heterocycles. The summed E-state index contributed by atoms with van der Waals surface area (Å²) in [6.07, 6.45) is 1.65. The zero-order valence-corrected chi connectivity index (χ0v) is 11.4. The lowest BCUT2D eigenvalue weighted by Crippen LogP contribution is -2.51. The Hall–Kier alpha value is -1.59. The first-order valence-electron chi connectivity index (χ1n) is 6.37. The Kier molecular flexibility index (Phi) is 3.66. The molecule has 0 aromatic carbocycles. The summed E-state index contributed by atoms with van der Waals surface area (Å²) >= 11 is 1.68. The van der Waals surface area contributed by atoms with Gasteiger partial charge >= 0.3 is 0 Å². The van der Waals surface area contributed by atoms with E-state index in [2.05, 4.69) is 11.4 Å². The molecule has 1 fully saturated rings. The SMILES string of the molecule is O=C(C1CNC1)N(Cc1ccco1)Cc1cccs1.